The molecule has 0 radical (unpaired) electrons. The molecule has 2 rings (SSSR count). The van der Waals surface area contributed by atoms with E-state index < -0.39 is 0 Å². The van der Waals surface area contributed by atoms with Crippen molar-refractivity contribution in [1.29, 1.82) is 0 Å². The summed E-state index contributed by atoms with van der Waals surface area (Å²) in [6, 6.07) is 7.25. The Morgan fingerprint density at radius 3 is 2.74 bits per heavy atom. The molecule has 0 aromatic heterocycles. The van der Waals surface area contributed by atoms with Crippen LogP contribution in [0.3, 0.4) is 0 Å². The van der Waals surface area contributed by atoms with Crippen molar-refractivity contribution in [3.8, 4) is 5.75 Å². The maximum absolute atomic E-state index is 12.4. The molecular weight excluding hydrogens is 316 g/mol. The molecule has 6 heteroatoms. The van der Waals surface area contributed by atoms with E-state index in [9.17, 15) is 4.79 Å². The molecule has 1 amide bonds. The van der Waals surface area contributed by atoms with Gasteiger partial charge < -0.3 is 20.5 Å². The van der Waals surface area contributed by atoms with E-state index in [1.54, 1.807) is 19.2 Å². The van der Waals surface area contributed by atoms with E-state index in [1.807, 2.05) is 19.1 Å². The molecule has 0 heterocycles. The number of rotatable bonds is 9. The van der Waals surface area contributed by atoms with Gasteiger partial charge in [-0.05, 0) is 43.9 Å². The minimum absolute atomic E-state index is 0. The Balaban J connectivity index is 0.00000264. The molecule has 1 aliphatic carbocycles. The number of benzene rings is 1. The van der Waals surface area contributed by atoms with Crippen molar-refractivity contribution < 1.29 is 14.3 Å². The molecule has 1 fully saturated rings. The number of amides is 1. The first-order valence-corrected chi connectivity index (χ1v) is 7.83. The predicted molar refractivity (Wildman–Crippen MR) is 93.3 cm³/mol. The molecule has 130 valence electrons. The highest BCUT2D eigenvalue weighted by Crippen LogP contribution is 2.39. The Hall–Kier alpha value is -1.30. The summed E-state index contributed by atoms with van der Waals surface area (Å²) in [6.07, 6.45) is 3.09. The second kappa shape index (κ2) is 9.11. The Bertz CT molecular complexity index is 508. The average molecular weight is 343 g/mol. The van der Waals surface area contributed by atoms with Gasteiger partial charge in [0.05, 0.1) is 12.1 Å². The van der Waals surface area contributed by atoms with Crippen LogP contribution in [-0.2, 0) is 4.74 Å². The van der Waals surface area contributed by atoms with Crippen LogP contribution < -0.4 is 15.8 Å². The van der Waals surface area contributed by atoms with Crippen molar-refractivity contribution in [3.63, 3.8) is 0 Å². The normalized spacial score (nSPS) is 16.1. The fraction of sp³-hybridized carbons (Fsp3) is 0.588. The van der Waals surface area contributed by atoms with Crippen LogP contribution in [0.25, 0.3) is 0 Å². The predicted octanol–water partition coefficient (Wildman–Crippen LogP) is 2.38. The molecule has 3 N–H and O–H groups in total. The molecule has 0 saturated heterocycles. The zero-order valence-corrected chi connectivity index (χ0v) is 14.7. The third-order valence-electron chi connectivity index (χ3n) is 4.16. The maximum atomic E-state index is 12.4. The molecule has 0 aliphatic heterocycles. The molecule has 1 unspecified atom stereocenters. The number of hydrogen-bond donors (Lipinski definition) is 2. The first-order valence-electron chi connectivity index (χ1n) is 7.83. The van der Waals surface area contributed by atoms with Gasteiger partial charge in [0.1, 0.15) is 5.75 Å². The molecule has 1 aromatic rings. The summed E-state index contributed by atoms with van der Waals surface area (Å²) in [5, 5.41) is 3.09. The summed E-state index contributed by atoms with van der Waals surface area (Å²) in [6.45, 7) is 3.71. The van der Waals surface area contributed by atoms with Crippen LogP contribution in [0.15, 0.2) is 24.3 Å². The van der Waals surface area contributed by atoms with E-state index in [4.69, 9.17) is 15.2 Å². The van der Waals surface area contributed by atoms with Gasteiger partial charge in [-0.1, -0.05) is 6.07 Å². The first-order chi connectivity index (χ1) is 10.6. The molecule has 5 nitrogen and oxygen atoms in total. The SMILES string of the molecule is COCCCOc1cccc(C(=O)NC(C)(CN)C2CC2)c1.Cl. The number of methoxy groups -OCH3 is 1. The summed E-state index contributed by atoms with van der Waals surface area (Å²) in [4.78, 5) is 12.4. The van der Waals surface area contributed by atoms with Crippen LogP contribution in [-0.4, -0.2) is 38.3 Å². The summed E-state index contributed by atoms with van der Waals surface area (Å²) < 4.78 is 10.6. The van der Waals surface area contributed by atoms with E-state index in [0.29, 0.717) is 37.0 Å². The van der Waals surface area contributed by atoms with Gasteiger partial charge in [0.15, 0.2) is 0 Å². The second-order valence-electron chi connectivity index (χ2n) is 6.07. The van der Waals surface area contributed by atoms with E-state index in [0.717, 1.165) is 19.3 Å². The lowest BCUT2D eigenvalue weighted by Gasteiger charge is -2.29. The van der Waals surface area contributed by atoms with Gasteiger partial charge in [-0.15, -0.1) is 12.4 Å². The van der Waals surface area contributed by atoms with Crippen LogP contribution >= 0.6 is 12.4 Å². The number of carbonyl (C=O) groups excluding carboxylic acids is 1. The zero-order valence-electron chi connectivity index (χ0n) is 13.8. The Kier molecular flexibility index (Phi) is 7.82. The standard InChI is InChI=1S/C17H26N2O3.ClH/c1-17(12-18,14-7-8-14)19-16(20)13-5-3-6-15(11-13)22-10-4-9-21-2;/h3,5-6,11,14H,4,7-10,12,18H2,1-2H3,(H,19,20);1H. The van der Waals surface area contributed by atoms with Crippen molar-refractivity contribution in [3.05, 3.63) is 29.8 Å². The molecule has 1 aliphatic rings. The van der Waals surface area contributed by atoms with E-state index in [1.165, 1.54) is 0 Å². The Morgan fingerprint density at radius 1 is 1.39 bits per heavy atom. The zero-order chi connectivity index (χ0) is 16.0. The fourth-order valence-corrected chi connectivity index (χ4v) is 2.49. The van der Waals surface area contributed by atoms with Crippen LogP contribution in [0.2, 0.25) is 0 Å². The third kappa shape index (κ3) is 5.68. The second-order valence-corrected chi connectivity index (χ2v) is 6.07. The highest BCUT2D eigenvalue weighted by Gasteiger charge is 2.41. The third-order valence-corrected chi connectivity index (χ3v) is 4.16. The fourth-order valence-electron chi connectivity index (χ4n) is 2.49. The van der Waals surface area contributed by atoms with Crippen LogP contribution in [0.1, 0.15) is 36.5 Å². The van der Waals surface area contributed by atoms with Gasteiger partial charge in [-0.25, -0.2) is 0 Å². The largest absolute Gasteiger partial charge is 0.493 e. The smallest absolute Gasteiger partial charge is 0.251 e. The van der Waals surface area contributed by atoms with Gasteiger partial charge >= 0.3 is 0 Å². The molecule has 1 aromatic carbocycles. The minimum atomic E-state index is -0.313. The summed E-state index contributed by atoms with van der Waals surface area (Å²) in [5.74, 6) is 1.10. The van der Waals surface area contributed by atoms with Crippen LogP contribution in [0, 0.1) is 5.92 Å². The number of nitrogens with two attached hydrogens (primary N) is 1. The van der Waals surface area contributed by atoms with Crippen molar-refractivity contribution in [1.82, 2.24) is 5.32 Å². The van der Waals surface area contributed by atoms with E-state index in [-0.39, 0.29) is 23.9 Å². The molecule has 0 bridgehead atoms. The van der Waals surface area contributed by atoms with Gasteiger partial charge in [-0.3, -0.25) is 4.79 Å². The quantitative estimate of drug-likeness (QED) is 0.676. The molecule has 0 spiro atoms. The van der Waals surface area contributed by atoms with Gasteiger partial charge in [0.25, 0.3) is 5.91 Å². The topological polar surface area (TPSA) is 73.6 Å². The number of nitrogens with one attached hydrogen (secondary N) is 1. The molecule has 1 saturated carbocycles. The lowest BCUT2D eigenvalue weighted by atomic mass is 9.95. The monoisotopic (exact) mass is 342 g/mol. The molecule has 1 atom stereocenters. The Morgan fingerprint density at radius 2 is 2.13 bits per heavy atom. The van der Waals surface area contributed by atoms with Crippen molar-refractivity contribution in [2.45, 2.75) is 31.7 Å². The highest BCUT2D eigenvalue weighted by atomic mass is 35.5. The lowest BCUT2D eigenvalue weighted by Crippen LogP contribution is -2.53. The summed E-state index contributed by atoms with van der Waals surface area (Å²) >= 11 is 0. The highest BCUT2D eigenvalue weighted by molar-refractivity contribution is 5.95. The summed E-state index contributed by atoms with van der Waals surface area (Å²) in [5.41, 5.74) is 6.14. The maximum Gasteiger partial charge on any atom is 0.251 e. The number of carbonyl (C=O) groups is 1. The average Bonchev–Trinajstić information content (AvgIpc) is 3.37. The molecular formula is C17H27ClN2O3. The van der Waals surface area contributed by atoms with Gasteiger partial charge in [0, 0.05) is 32.2 Å². The van der Waals surface area contributed by atoms with Crippen molar-refractivity contribution in [2.75, 3.05) is 26.9 Å². The van der Waals surface area contributed by atoms with Crippen LogP contribution in [0.4, 0.5) is 0 Å². The van der Waals surface area contributed by atoms with Gasteiger partial charge in [0.2, 0.25) is 0 Å². The minimum Gasteiger partial charge on any atom is -0.493 e. The summed E-state index contributed by atoms with van der Waals surface area (Å²) in [7, 11) is 1.67. The number of hydrogen-bond acceptors (Lipinski definition) is 4. The first kappa shape index (κ1) is 19.7. The van der Waals surface area contributed by atoms with Crippen LogP contribution in [0.5, 0.6) is 5.75 Å². The number of halogens is 1. The van der Waals surface area contributed by atoms with Crippen molar-refractivity contribution in [2.24, 2.45) is 11.7 Å². The lowest BCUT2D eigenvalue weighted by molar-refractivity contribution is 0.0897. The number of ether oxygens (including phenoxy) is 2. The van der Waals surface area contributed by atoms with E-state index in [2.05, 4.69) is 5.32 Å². The van der Waals surface area contributed by atoms with Crippen molar-refractivity contribution >= 4 is 18.3 Å². The molecule has 23 heavy (non-hydrogen) atoms. The van der Waals surface area contributed by atoms with Gasteiger partial charge in [-0.2, -0.15) is 0 Å². The Labute approximate surface area is 144 Å². The van der Waals surface area contributed by atoms with E-state index >= 15 is 0 Å².